The molecule has 12 nitrogen and oxygen atoms in total. The molecular weight excluding hydrogens is 596 g/mol. The molecule has 4 aromatic rings. The minimum atomic E-state index is -3.95. The summed E-state index contributed by atoms with van der Waals surface area (Å²) < 4.78 is 66.6. The van der Waals surface area contributed by atoms with Gasteiger partial charge in [0.05, 0.1) is 38.4 Å². The number of alkyl halides is 1. The fourth-order valence-electron chi connectivity index (χ4n) is 4.72. The third kappa shape index (κ3) is 6.78. The van der Waals surface area contributed by atoms with Crippen molar-refractivity contribution in [3.8, 4) is 28.3 Å². The summed E-state index contributed by atoms with van der Waals surface area (Å²) in [6.45, 7) is 1.27. The highest BCUT2D eigenvalue weighted by atomic mass is 32.2. The second-order valence-electron chi connectivity index (χ2n) is 9.81. The molecule has 0 spiro atoms. The molecule has 2 amide bonds. The van der Waals surface area contributed by atoms with Crippen LogP contribution in [0.4, 0.5) is 30.9 Å². The Labute approximate surface area is 252 Å². The molecule has 1 aliphatic heterocycles. The molecular formula is C29H31F2N7O5S. The number of morpholine rings is 1. The normalized spacial score (nSPS) is 13.5. The minimum Gasteiger partial charge on any atom is -0.494 e. The highest BCUT2D eigenvalue weighted by molar-refractivity contribution is 7.92. The van der Waals surface area contributed by atoms with Crippen molar-refractivity contribution < 1.29 is 31.5 Å². The molecule has 2 aromatic heterocycles. The third-order valence-corrected chi connectivity index (χ3v) is 8.25. The maximum atomic E-state index is 15.8. The lowest BCUT2D eigenvalue weighted by Crippen LogP contribution is -2.37. The number of fused-ring (bicyclic) bond motifs is 1. The van der Waals surface area contributed by atoms with E-state index in [4.69, 9.17) is 19.4 Å². The third-order valence-electron chi connectivity index (χ3n) is 6.89. The number of nitrogens with zero attached hydrogens (tertiary/aromatic N) is 4. The number of aromatic nitrogens is 3. The molecule has 3 heterocycles. The second kappa shape index (κ2) is 13.3. The highest BCUT2D eigenvalue weighted by Gasteiger charge is 2.23. The van der Waals surface area contributed by atoms with Gasteiger partial charge >= 0.3 is 6.03 Å². The number of urea groups is 1. The number of nitrogens with one attached hydrogen (secondary N) is 3. The van der Waals surface area contributed by atoms with E-state index in [-0.39, 0.29) is 17.7 Å². The Kier molecular flexibility index (Phi) is 9.35. The van der Waals surface area contributed by atoms with Crippen LogP contribution in [0.1, 0.15) is 6.42 Å². The first-order chi connectivity index (χ1) is 21.2. The monoisotopic (exact) mass is 627 g/mol. The molecule has 44 heavy (non-hydrogen) atoms. The van der Waals surface area contributed by atoms with Gasteiger partial charge in [-0.2, -0.15) is 0 Å². The van der Waals surface area contributed by atoms with Crippen molar-refractivity contribution >= 4 is 44.3 Å². The zero-order valence-electron chi connectivity index (χ0n) is 24.1. The number of pyridine rings is 1. The summed E-state index contributed by atoms with van der Waals surface area (Å²) in [6, 6.07) is 10.7. The summed E-state index contributed by atoms with van der Waals surface area (Å²) in [5, 5.41) is 5.66. The Morgan fingerprint density at radius 3 is 2.59 bits per heavy atom. The maximum Gasteiger partial charge on any atom is 0.320 e. The van der Waals surface area contributed by atoms with Crippen LogP contribution in [0.25, 0.3) is 33.4 Å². The molecule has 0 atom stereocenters. The number of anilines is 3. The van der Waals surface area contributed by atoms with Gasteiger partial charge in [0, 0.05) is 42.8 Å². The number of benzene rings is 2. The van der Waals surface area contributed by atoms with E-state index in [2.05, 4.69) is 20.3 Å². The Morgan fingerprint density at radius 2 is 1.91 bits per heavy atom. The number of hydrogen-bond acceptors (Lipinski definition) is 9. The maximum absolute atomic E-state index is 15.8. The van der Waals surface area contributed by atoms with Crippen LogP contribution in [0.2, 0.25) is 0 Å². The lowest BCUT2D eigenvalue weighted by Gasteiger charge is -2.29. The van der Waals surface area contributed by atoms with E-state index in [1.807, 2.05) is 4.90 Å². The van der Waals surface area contributed by atoms with Gasteiger partial charge in [-0.15, -0.1) is 0 Å². The topological polar surface area (TPSA) is 148 Å². The van der Waals surface area contributed by atoms with E-state index >= 15 is 4.39 Å². The van der Waals surface area contributed by atoms with Crippen LogP contribution < -0.4 is 25.0 Å². The quantitative estimate of drug-likeness (QED) is 0.235. The predicted molar refractivity (Wildman–Crippen MR) is 164 cm³/mol. The largest absolute Gasteiger partial charge is 0.494 e. The molecule has 0 aliphatic carbocycles. The summed E-state index contributed by atoms with van der Waals surface area (Å²) in [5.41, 5.74) is 1.35. The van der Waals surface area contributed by atoms with Crippen molar-refractivity contribution in [2.75, 3.05) is 67.8 Å². The fraction of sp³-hybridized carbons (Fsp3) is 0.310. The first-order valence-corrected chi connectivity index (χ1v) is 15.4. The van der Waals surface area contributed by atoms with Crippen LogP contribution in [0, 0.1) is 5.82 Å². The molecule has 2 aromatic carbocycles. The number of ether oxygens (including phenoxy) is 2. The molecule has 0 bridgehead atoms. The van der Waals surface area contributed by atoms with Gasteiger partial charge in [0.25, 0.3) is 0 Å². The number of amides is 2. The molecule has 232 valence electrons. The summed E-state index contributed by atoms with van der Waals surface area (Å²) >= 11 is 0. The van der Waals surface area contributed by atoms with E-state index in [1.165, 1.54) is 32.4 Å². The molecule has 1 fully saturated rings. The molecule has 0 unspecified atom stereocenters. The molecule has 15 heteroatoms. The van der Waals surface area contributed by atoms with Crippen LogP contribution in [0.5, 0.6) is 5.75 Å². The SMILES string of the molecule is CNC(=O)Nc1ccc(-c2nc(N3CCOCC3)c3cc(-c4cccc(NS(=O)(=O)CCCF)c4F)cc(OC)c3n2)cn1. The van der Waals surface area contributed by atoms with Crippen LogP contribution in [0.3, 0.4) is 0 Å². The van der Waals surface area contributed by atoms with Gasteiger partial charge < -0.3 is 19.7 Å². The zero-order valence-corrected chi connectivity index (χ0v) is 24.9. The van der Waals surface area contributed by atoms with Crippen LogP contribution in [-0.2, 0) is 14.8 Å². The average molecular weight is 628 g/mol. The standard InChI is InChI=1S/C29H31F2N7O5S/c1-32-29(39)34-24-8-7-18(17-33-24)27-35-26-21(28(36-27)38-10-12-43-13-11-38)15-19(16-23(26)42-2)20-5-3-6-22(25(20)31)37-44(40,41)14-4-9-30/h3,5-8,15-17,37H,4,9-14H2,1-2H3,(H2,32,33,34,39). The summed E-state index contributed by atoms with van der Waals surface area (Å²) in [5.74, 6) is 0.361. The van der Waals surface area contributed by atoms with Gasteiger partial charge in [-0.25, -0.2) is 32.6 Å². The van der Waals surface area contributed by atoms with E-state index in [0.29, 0.717) is 71.5 Å². The van der Waals surface area contributed by atoms with E-state index in [0.717, 1.165) is 0 Å². The number of hydrogen-bond donors (Lipinski definition) is 3. The molecule has 3 N–H and O–H groups in total. The summed E-state index contributed by atoms with van der Waals surface area (Å²) in [4.78, 5) is 27.7. The van der Waals surface area contributed by atoms with E-state index < -0.39 is 34.3 Å². The van der Waals surface area contributed by atoms with Gasteiger partial charge in [0.2, 0.25) is 10.0 Å². The van der Waals surface area contributed by atoms with E-state index in [1.54, 1.807) is 30.5 Å². The van der Waals surface area contributed by atoms with Crippen molar-refractivity contribution in [1.82, 2.24) is 20.3 Å². The van der Waals surface area contributed by atoms with Crippen molar-refractivity contribution in [3.05, 3.63) is 54.5 Å². The Balaban J connectivity index is 1.62. The van der Waals surface area contributed by atoms with Crippen LogP contribution in [0.15, 0.2) is 48.7 Å². The van der Waals surface area contributed by atoms with Gasteiger partial charge in [0.1, 0.15) is 22.9 Å². The minimum absolute atomic E-state index is 0.122. The highest BCUT2D eigenvalue weighted by Crippen LogP contribution is 2.39. The number of carbonyl (C=O) groups excluding carboxylic acids is 1. The predicted octanol–water partition coefficient (Wildman–Crippen LogP) is 4.20. The van der Waals surface area contributed by atoms with Crippen LogP contribution >= 0.6 is 0 Å². The first kappa shape index (κ1) is 30.8. The lowest BCUT2D eigenvalue weighted by molar-refractivity contribution is 0.122. The van der Waals surface area contributed by atoms with Gasteiger partial charge in [-0.05, 0) is 42.3 Å². The number of rotatable bonds is 10. The molecule has 0 saturated carbocycles. The fourth-order valence-corrected chi connectivity index (χ4v) is 5.80. The smallest absolute Gasteiger partial charge is 0.320 e. The van der Waals surface area contributed by atoms with Gasteiger partial charge in [0.15, 0.2) is 11.6 Å². The Bertz CT molecular complexity index is 1770. The van der Waals surface area contributed by atoms with Crippen molar-refractivity contribution in [3.63, 3.8) is 0 Å². The van der Waals surface area contributed by atoms with Crippen molar-refractivity contribution in [2.24, 2.45) is 0 Å². The van der Waals surface area contributed by atoms with Crippen molar-refractivity contribution in [2.45, 2.75) is 6.42 Å². The summed E-state index contributed by atoms with van der Waals surface area (Å²) in [6.07, 6.45) is 1.35. The number of methoxy groups -OCH3 is 1. The van der Waals surface area contributed by atoms with Gasteiger partial charge in [-0.3, -0.25) is 14.4 Å². The lowest BCUT2D eigenvalue weighted by atomic mass is 10.0. The Morgan fingerprint density at radius 1 is 1.11 bits per heavy atom. The second-order valence-corrected chi connectivity index (χ2v) is 11.7. The van der Waals surface area contributed by atoms with Crippen molar-refractivity contribution in [1.29, 1.82) is 0 Å². The summed E-state index contributed by atoms with van der Waals surface area (Å²) in [7, 11) is -0.975. The molecule has 1 saturated heterocycles. The average Bonchev–Trinajstić information content (AvgIpc) is 3.04. The molecule has 0 radical (unpaired) electrons. The van der Waals surface area contributed by atoms with E-state index in [9.17, 15) is 17.6 Å². The zero-order chi connectivity index (χ0) is 31.3. The first-order valence-electron chi connectivity index (χ1n) is 13.8. The number of carbonyl (C=O) groups is 1. The van der Waals surface area contributed by atoms with Gasteiger partial charge in [-0.1, -0.05) is 12.1 Å². The number of sulfonamides is 1. The molecule has 1 aliphatic rings. The Hall–Kier alpha value is -4.63. The number of halogens is 2. The van der Waals surface area contributed by atoms with Crippen LogP contribution in [-0.4, -0.2) is 82.3 Å². The molecule has 5 rings (SSSR count).